The van der Waals surface area contributed by atoms with Gasteiger partial charge >= 0.3 is 29.8 Å². The third kappa shape index (κ3) is 10.3. The number of esters is 5. The van der Waals surface area contributed by atoms with Gasteiger partial charge in [0.15, 0.2) is 0 Å². The Bertz CT molecular complexity index is 1350. The molecule has 10 heteroatoms. The molecule has 42 heavy (non-hydrogen) atoms. The lowest BCUT2D eigenvalue weighted by Gasteiger charge is -2.24. The summed E-state index contributed by atoms with van der Waals surface area (Å²) in [5.74, 6) is -3.47. The molecule has 0 spiro atoms. The van der Waals surface area contributed by atoms with Crippen molar-refractivity contribution in [2.45, 2.75) is 99.5 Å². The van der Waals surface area contributed by atoms with Crippen LogP contribution in [-0.2, 0) is 28.7 Å². The van der Waals surface area contributed by atoms with E-state index in [2.05, 4.69) is 6.92 Å². The van der Waals surface area contributed by atoms with Gasteiger partial charge in [0.1, 0.15) is 29.1 Å². The van der Waals surface area contributed by atoms with Gasteiger partial charge in [-0.1, -0.05) is 44.3 Å². The highest BCUT2D eigenvalue weighted by Gasteiger charge is 2.30. The summed E-state index contributed by atoms with van der Waals surface area (Å²) >= 11 is 0. The lowest BCUT2D eigenvalue weighted by Crippen LogP contribution is -2.15. The van der Waals surface area contributed by atoms with E-state index in [-0.39, 0.29) is 52.2 Å². The van der Waals surface area contributed by atoms with Gasteiger partial charge in [-0.2, -0.15) is 0 Å². The van der Waals surface area contributed by atoms with Crippen molar-refractivity contribution in [1.29, 1.82) is 0 Å². The Morgan fingerprint density at radius 2 is 1.21 bits per heavy atom. The van der Waals surface area contributed by atoms with Crippen LogP contribution in [0.4, 0.5) is 0 Å². The van der Waals surface area contributed by atoms with Crippen LogP contribution in [0.2, 0.25) is 0 Å². The summed E-state index contributed by atoms with van der Waals surface area (Å²) in [6.07, 6.45) is 6.00. The van der Waals surface area contributed by atoms with E-state index in [1.807, 2.05) is 19.9 Å². The number of hydrogen-bond donors (Lipinski definition) is 0. The molecule has 0 radical (unpaired) electrons. The minimum Gasteiger partial charge on any atom is -0.457 e. The van der Waals surface area contributed by atoms with Crippen LogP contribution in [0.25, 0.3) is 10.8 Å². The summed E-state index contributed by atoms with van der Waals surface area (Å²) in [6, 6.07) is 4.14. The zero-order valence-electron chi connectivity index (χ0n) is 25.4. The van der Waals surface area contributed by atoms with Crippen LogP contribution in [0, 0.1) is 0 Å². The average Bonchev–Trinajstić information content (AvgIpc) is 2.87. The predicted molar refractivity (Wildman–Crippen MR) is 155 cm³/mol. The van der Waals surface area contributed by atoms with E-state index in [1.165, 1.54) is 45.9 Å². The summed E-state index contributed by atoms with van der Waals surface area (Å²) in [6.45, 7) is 10.6. The first-order chi connectivity index (χ1) is 19.8. The minimum absolute atomic E-state index is 0.0192. The highest BCUT2D eigenvalue weighted by atomic mass is 16.6. The van der Waals surface area contributed by atoms with Gasteiger partial charge in [-0.3, -0.25) is 24.0 Å². The zero-order valence-corrected chi connectivity index (χ0v) is 25.4. The van der Waals surface area contributed by atoms with Crippen molar-refractivity contribution in [1.82, 2.24) is 0 Å². The van der Waals surface area contributed by atoms with Crippen molar-refractivity contribution < 1.29 is 47.7 Å². The highest BCUT2D eigenvalue weighted by Crippen LogP contribution is 2.49. The van der Waals surface area contributed by atoms with Crippen molar-refractivity contribution in [3.8, 4) is 23.0 Å². The van der Waals surface area contributed by atoms with Gasteiger partial charge < -0.3 is 23.7 Å². The maximum atomic E-state index is 13.0. The molecule has 0 amide bonds. The Kier molecular flexibility index (Phi) is 13.2. The van der Waals surface area contributed by atoms with E-state index in [0.717, 1.165) is 31.3 Å². The fourth-order valence-electron chi connectivity index (χ4n) is 4.34. The van der Waals surface area contributed by atoms with Gasteiger partial charge in [0.25, 0.3) is 0 Å². The van der Waals surface area contributed by atoms with Gasteiger partial charge in [-0.25, -0.2) is 0 Å². The van der Waals surface area contributed by atoms with E-state index in [1.54, 1.807) is 0 Å². The lowest BCUT2D eigenvalue weighted by molar-refractivity contribution is -0.149. The fourth-order valence-corrected chi connectivity index (χ4v) is 4.34. The van der Waals surface area contributed by atoms with Crippen molar-refractivity contribution in [3.05, 3.63) is 35.4 Å². The van der Waals surface area contributed by atoms with E-state index in [4.69, 9.17) is 23.7 Å². The topological polar surface area (TPSA) is 132 Å². The van der Waals surface area contributed by atoms with E-state index in [0.29, 0.717) is 6.42 Å². The summed E-state index contributed by atoms with van der Waals surface area (Å²) in [7, 11) is 0. The molecule has 0 aliphatic heterocycles. The summed E-state index contributed by atoms with van der Waals surface area (Å²) in [4.78, 5) is 61.5. The molecule has 10 nitrogen and oxygen atoms in total. The lowest BCUT2D eigenvalue weighted by atomic mass is 9.96. The third-order valence-corrected chi connectivity index (χ3v) is 6.00. The second-order valence-electron chi connectivity index (χ2n) is 10.1. The maximum Gasteiger partial charge on any atom is 0.308 e. The number of hydrogen-bond acceptors (Lipinski definition) is 10. The summed E-state index contributed by atoms with van der Waals surface area (Å²) < 4.78 is 27.9. The second kappa shape index (κ2) is 16.3. The molecule has 0 fully saturated rings. The van der Waals surface area contributed by atoms with Gasteiger partial charge in [0.05, 0.1) is 10.8 Å². The Labute approximate surface area is 246 Å². The smallest absolute Gasteiger partial charge is 0.308 e. The number of rotatable bonds is 14. The quantitative estimate of drug-likeness (QED) is 0.101. The number of carbonyl (C=O) groups excluding carboxylic acids is 5. The molecule has 0 saturated carbocycles. The Morgan fingerprint density at radius 3 is 1.74 bits per heavy atom. The Balaban J connectivity index is 2.89. The zero-order chi connectivity index (χ0) is 31.4. The monoisotopic (exact) mass is 584 g/mol. The molecule has 0 heterocycles. The van der Waals surface area contributed by atoms with Crippen molar-refractivity contribution in [3.63, 3.8) is 0 Å². The molecule has 0 saturated heterocycles. The van der Waals surface area contributed by atoms with Crippen molar-refractivity contribution >= 4 is 40.6 Å². The van der Waals surface area contributed by atoms with Crippen LogP contribution in [0.5, 0.6) is 23.0 Å². The number of allylic oxidation sites excluding steroid dienone is 1. The van der Waals surface area contributed by atoms with Crippen molar-refractivity contribution in [2.75, 3.05) is 0 Å². The maximum absolute atomic E-state index is 13.0. The molecule has 1 atom stereocenters. The summed E-state index contributed by atoms with van der Waals surface area (Å²) in [5, 5.41) is 0.0630. The number of fused-ring (bicyclic) bond motifs is 1. The van der Waals surface area contributed by atoms with Crippen LogP contribution >= 0.6 is 0 Å². The van der Waals surface area contributed by atoms with Crippen LogP contribution in [0.15, 0.2) is 29.8 Å². The molecule has 2 aromatic rings. The average molecular weight is 585 g/mol. The SMILES string of the molecule is CCCCCCCC(=O)OC(CC=C(C)C)c1cc(OC(C)=O)c2c(OC(C)=O)ccc(OC(C)=O)c2c1OC(C)=O. The Morgan fingerprint density at radius 1 is 0.690 bits per heavy atom. The third-order valence-electron chi connectivity index (χ3n) is 6.00. The molecular weight excluding hydrogens is 544 g/mol. The van der Waals surface area contributed by atoms with Crippen LogP contribution in [0.1, 0.15) is 105 Å². The Hall–Kier alpha value is -4.21. The fraction of sp³-hybridized carbons (Fsp3) is 0.469. The number of carbonyl (C=O) groups is 5. The molecule has 2 aromatic carbocycles. The number of unbranched alkanes of at least 4 members (excludes halogenated alkanes) is 4. The first kappa shape index (κ1) is 34.0. The second-order valence-corrected chi connectivity index (χ2v) is 10.1. The van der Waals surface area contributed by atoms with Gasteiger partial charge in [0, 0.05) is 46.1 Å². The summed E-state index contributed by atoms with van der Waals surface area (Å²) in [5.41, 5.74) is 1.14. The van der Waals surface area contributed by atoms with Crippen molar-refractivity contribution in [2.24, 2.45) is 0 Å². The van der Waals surface area contributed by atoms with Crippen LogP contribution < -0.4 is 18.9 Å². The van der Waals surface area contributed by atoms with E-state index >= 15 is 0 Å². The van der Waals surface area contributed by atoms with Gasteiger partial charge in [-0.05, 0) is 38.5 Å². The van der Waals surface area contributed by atoms with Gasteiger partial charge in [-0.15, -0.1) is 0 Å². The largest absolute Gasteiger partial charge is 0.457 e. The molecule has 0 bridgehead atoms. The highest BCUT2D eigenvalue weighted by molar-refractivity contribution is 6.06. The molecule has 228 valence electrons. The molecule has 0 aliphatic carbocycles. The molecule has 2 rings (SSSR count). The molecular formula is C32H40O10. The molecule has 0 aromatic heterocycles. The standard InChI is InChI=1S/C32H40O10/c1-8-9-10-11-12-13-29(37)42-25(15-14-19(2)3)24-18-28(40-22(6)35)30-26(38-20(4)33)16-17-27(39-21(5)34)31(30)32(24)41-23(7)36/h14,16-18,25H,8-13,15H2,1-7H3. The first-order valence-corrected chi connectivity index (χ1v) is 14.0. The van der Waals surface area contributed by atoms with E-state index in [9.17, 15) is 24.0 Å². The first-order valence-electron chi connectivity index (χ1n) is 14.0. The normalized spacial score (nSPS) is 11.3. The van der Waals surface area contributed by atoms with E-state index < -0.39 is 36.0 Å². The van der Waals surface area contributed by atoms with Crippen LogP contribution in [-0.4, -0.2) is 29.8 Å². The molecule has 1 unspecified atom stereocenters. The minimum atomic E-state index is -0.973. The van der Waals surface area contributed by atoms with Gasteiger partial charge in [0.2, 0.25) is 0 Å². The molecule has 0 N–H and O–H groups in total. The number of benzene rings is 2. The number of ether oxygens (including phenoxy) is 5. The predicted octanol–water partition coefficient (Wildman–Crippen LogP) is 6.84. The van der Waals surface area contributed by atoms with Crippen LogP contribution in [0.3, 0.4) is 0 Å². The molecule has 0 aliphatic rings.